The Balaban J connectivity index is 2.38. The molecule has 0 bridgehead atoms. The highest BCUT2D eigenvalue weighted by Crippen LogP contribution is 2.21. The number of rotatable bonds is 0. The fourth-order valence-corrected chi connectivity index (χ4v) is 0.912. The van der Waals surface area contributed by atoms with Crippen LogP contribution in [0.3, 0.4) is 0 Å². The van der Waals surface area contributed by atoms with Gasteiger partial charge in [-0.25, -0.2) is 4.76 Å². The first kappa shape index (κ1) is 4.19. The molecule has 1 heterocycles. The maximum atomic E-state index is 5.29. The van der Waals surface area contributed by atoms with Crippen LogP contribution < -0.4 is 10.6 Å². The number of hydrogen-bond acceptors (Lipinski definition) is 3. The molecule has 0 saturated carbocycles. The van der Waals surface area contributed by atoms with Gasteiger partial charge >= 0.3 is 0 Å². The predicted molar refractivity (Wildman–Crippen MR) is 27.6 cm³/mol. The van der Waals surface area contributed by atoms with Crippen LogP contribution in [0.1, 0.15) is 0 Å². The van der Waals surface area contributed by atoms with Gasteiger partial charge in [-0.3, -0.25) is 10.6 Å². The van der Waals surface area contributed by atoms with Crippen LogP contribution in [0.5, 0.6) is 0 Å². The van der Waals surface area contributed by atoms with E-state index < -0.39 is 8.37 Å². The normalized spacial score (nSPS) is 31.8. The van der Waals surface area contributed by atoms with Crippen LogP contribution in [0.4, 0.5) is 0 Å². The summed E-state index contributed by atoms with van der Waals surface area (Å²) in [5, 5.41) is 2.94. The first-order chi connectivity index (χ1) is 2.89. The fourth-order valence-electron chi connectivity index (χ4n) is 0.304. The average molecular weight is 103 g/mol. The lowest BCUT2D eigenvalue weighted by Gasteiger charge is -1.92. The Hall–Kier alpha value is 0.0200. The van der Waals surface area contributed by atoms with Gasteiger partial charge in [0.15, 0.2) is 8.37 Å². The molecule has 3 N–H and O–H groups in total. The molecule has 0 aromatic carbocycles. The monoisotopic (exact) mass is 103 g/mol. The molecule has 1 aliphatic heterocycles. The van der Waals surface area contributed by atoms with Crippen molar-refractivity contribution in [2.24, 2.45) is 10.3 Å². The topological polar surface area (TPSA) is 50.4 Å². The van der Waals surface area contributed by atoms with Gasteiger partial charge < -0.3 is 0 Å². The number of nitrogens with two attached hydrogens (primary N) is 1. The largest absolute Gasteiger partial charge is 0.279 e. The van der Waals surface area contributed by atoms with Gasteiger partial charge in [0.1, 0.15) is 0 Å². The van der Waals surface area contributed by atoms with Crippen molar-refractivity contribution in [3.63, 3.8) is 0 Å². The molecule has 0 amide bonds. The Morgan fingerprint density at radius 1 is 2.00 bits per heavy atom. The Labute approximate surface area is 37.6 Å². The molecule has 0 aromatic rings. The lowest BCUT2D eigenvalue weighted by molar-refractivity contribution is 1.19. The van der Waals surface area contributed by atoms with Crippen LogP contribution in [0.2, 0.25) is 0 Å². The lowest BCUT2D eigenvalue weighted by atomic mass is 10.8. The van der Waals surface area contributed by atoms with Crippen molar-refractivity contribution >= 4 is 14.6 Å². The van der Waals surface area contributed by atoms with Gasteiger partial charge in [0.05, 0.1) is 0 Å². The van der Waals surface area contributed by atoms with Gasteiger partial charge in [-0.15, -0.1) is 0 Å². The third-order valence-electron chi connectivity index (χ3n) is 0.551. The molecule has 0 aromatic heterocycles. The van der Waals surface area contributed by atoms with Gasteiger partial charge in [-0.05, 0) is 0 Å². The van der Waals surface area contributed by atoms with Gasteiger partial charge in [0, 0.05) is 12.8 Å². The van der Waals surface area contributed by atoms with Gasteiger partial charge in [0.25, 0.3) is 0 Å². The number of nitrogens with zero attached hydrogens (tertiary/aromatic N) is 1. The second-order valence-corrected chi connectivity index (χ2v) is 2.24. The zero-order valence-electron chi connectivity index (χ0n) is 3.26. The maximum absolute atomic E-state index is 5.29. The molecule has 4 heteroatoms. The van der Waals surface area contributed by atoms with E-state index in [1.54, 1.807) is 6.21 Å². The van der Waals surface area contributed by atoms with Gasteiger partial charge in [-0.2, -0.15) is 0 Å². The first-order valence-electron chi connectivity index (χ1n) is 1.70. The zero-order chi connectivity index (χ0) is 4.41. The molecule has 0 spiro atoms. The standard InChI is InChI=1S/C2H6N3P/c3-6-4-1-2-5-6/h1,5H,2-3H2. The van der Waals surface area contributed by atoms with Crippen molar-refractivity contribution in [2.75, 3.05) is 6.54 Å². The summed E-state index contributed by atoms with van der Waals surface area (Å²) >= 11 is 0. The van der Waals surface area contributed by atoms with Crippen molar-refractivity contribution in [3.05, 3.63) is 0 Å². The molecular formula is C2H6N3P. The summed E-state index contributed by atoms with van der Waals surface area (Å²) in [6.45, 7) is 0.849. The molecule has 3 nitrogen and oxygen atoms in total. The van der Waals surface area contributed by atoms with E-state index in [0.717, 1.165) is 6.54 Å². The zero-order valence-corrected chi connectivity index (χ0v) is 4.15. The van der Waals surface area contributed by atoms with E-state index in [4.69, 9.17) is 5.50 Å². The molecule has 0 aliphatic carbocycles. The van der Waals surface area contributed by atoms with E-state index in [-0.39, 0.29) is 0 Å². The van der Waals surface area contributed by atoms with Crippen molar-refractivity contribution < 1.29 is 0 Å². The lowest BCUT2D eigenvalue weighted by Crippen LogP contribution is -2.04. The Morgan fingerprint density at radius 3 is 3.00 bits per heavy atom. The quantitative estimate of drug-likeness (QED) is 0.419. The Morgan fingerprint density at radius 2 is 2.83 bits per heavy atom. The van der Waals surface area contributed by atoms with Crippen LogP contribution in [-0.4, -0.2) is 12.8 Å². The van der Waals surface area contributed by atoms with E-state index in [0.29, 0.717) is 0 Å². The summed E-state index contributed by atoms with van der Waals surface area (Å²) in [6, 6.07) is 0. The molecule has 1 atom stereocenters. The fraction of sp³-hybridized carbons (Fsp3) is 0.500. The number of nitrogens with one attached hydrogen (secondary N) is 1. The average Bonchev–Trinajstić information content (AvgIpc) is 1.86. The third-order valence-corrected chi connectivity index (χ3v) is 1.47. The van der Waals surface area contributed by atoms with Crippen LogP contribution in [0.25, 0.3) is 0 Å². The van der Waals surface area contributed by atoms with Crippen LogP contribution in [-0.2, 0) is 0 Å². The van der Waals surface area contributed by atoms with E-state index in [1.807, 2.05) is 0 Å². The summed E-state index contributed by atoms with van der Waals surface area (Å²) in [5.74, 6) is 0. The minimum atomic E-state index is -0.646. The SMILES string of the molecule is NP1N=CCN1. The molecule has 34 valence electrons. The molecule has 1 aliphatic rings. The van der Waals surface area contributed by atoms with Gasteiger partial charge in [0.2, 0.25) is 0 Å². The third kappa shape index (κ3) is 0.744. The molecular weight excluding hydrogens is 97.0 g/mol. The van der Waals surface area contributed by atoms with E-state index in [9.17, 15) is 0 Å². The van der Waals surface area contributed by atoms with Crippen molar-refractivity contribution in [3.8, 4) is 0 Å². The van der Waals surface area contributed by atoms with E-state index in [1.165, 1.54) is 0 Å². The first-order valence-corrected chi connectivity index (χ1v) is 3.07. The maximum Gasteiger partial charge on any atom is 0.160 e. The highest BCUT2D eigenvalue weighted by molar-refractivity contribution is 7.52. The molecule has 0 radical (unpaired) electrons. The Bertz CT molecular complexity index is 71.2. The molecule has 1 unspecified atom stereocenters. The van der Waals surface area contributed by atoms with Crippen molar-refractivity contribution in [1.82, 2.24) is 5.09 Å². The molecule has 0 saturated heterocycles. The molecule has 6 heavy (non-hydrogen) atoms. The van der Waals surface area contributed by atoms with Crippen molar-refractivity contribution in [1.29, 1.82) is 0 Å². The smallest absolute Gasteiger partial charge is 0.160 e. The summed E-state index contributed by atoms with van der Waals surface area (Å²) in [5.41, 5.74) is 5.29. The Kier molecular flexibility index (Phi) is 1.15. The van der Waals surface area contributed by atoms with Crippen LogP contribution >= 0.6 is 8.37 Å². The highest BCUT2D eigenvalue weighted by Gasteiger charge is 1.99. The van der Waals surface area contributed by atoms with Gasteiger partial charge in [-0.1, -0.05) is 0 Å². The highest BCUT2D eigenvalue weighted by atomic mass is 31.1. The second-order valence-electron chi connectivity index (χ2n) is 1.00. The van der Waals surface area contributed by atoms with Crippen LogP contribution in [0, 0.1) is 0 Å². The second kappa shape index (κ2) is 1.65. The summed E-state index contributed by atoms with van der Waals surface area (Å²) in [7, 11) is -0.646. The van der Waals surface area contributed by atoms with Crippen LogP contribution in [0.15, 0.2) is 4.76 Å². The predicted octanol–water partition coefficient (Wildman–Crippen LogP) is -0.154. The minimum absolute atomic E-state index is 0.646. The summed E-state index contributed by atoms with van der Waals surface area (Å²) < 4.78 is 3.84. The minimum Gasteiger partial charge on any atom is -0.279 e. The summed E-state index contributed by atoms with van der Waals surface area (Å²) in [6.07, 6.45) is 1.80. The van der Waals surface area contributed by atoms with Crippen molar-refractivity contribution in [2.45, 2.75) is 0 Å². The molecule has 0 fully saturated rings. The molecule has 1 rings (SSSR count). The summed E-state index contributed by atoms with van der Waals surface area (Å²) in [4.78, 5) is 0. The van der Waals surface area contributed by atoms with E-state index in [2.05, 4.69) is 9.85 Å². The number of hydrogen-bond donors (Lipinski definition) is 2. The van der Waals surface area contributed by atoms with E-state index >= 15 is 0 Å².